The highest BCUT2D eigenvalue weighted by molar-refractivity contribution is 6.12. The highest BCUT2D eigenvalue weighted by Gasteiger charge is 2.31. The number of anilines is 6. The highest BCUT2D eigenvalue weighted by atomic mass is 16.6. The van der Waals surface area contributed by atoms with Crippen LogP contribution in [0.1, 0.15) is 138 Å². The Labute approximate surface area is 508 Å². The fraction of sp³-hybridized carbons (Fsp3) is 0.229. The second kappa shape index (κ2) is 27.6. The summed E-state index contributed by atoms with van der Waals surface area (Å²) in [6, 6.07) is 41.4. The van der Waals surface area contributed by atoms with E-state index in [1.54, 1.807) is 152 Å². The second-order valence-corrected chi connectivity index (χ2v) is 19.5. The van der Waals surface area contributed by atoms with Crippen LogP contribution in [0.15, 0.2) is 146 Å². The van der Waals surface area contributed by atoms with Gasteiger partial charge in [-0.3, -0.25) is 0 Å². The molecule has 8 aliphatic rings. The average molecular weight is 1190 g/mol. The summed E-state index contributed by atoms with van der Waals surface area (Å²) < 4.78 is 43.6. The summed E-state index contributed by atoms with van der Waals surface area (Å²) >= 11 is 0. The summed E-state index contributed by atoms with van der Waals surface area (Å²) in [5, 5.41) is 0. The van der Waals surface area contributed by atoms with Crippen molar-refractivity contribution in [2.45, 2.75) is 55.4 Å². The predicted octanol–water partition coefficient (Wildman–Crippen LogP) is 14.5. The van der Waals surface area contributed by atoms with E-state index in [2.05, 4.69) is 0 Å². The van der Waals surface area contributed by atoms with Crippen molar-refractivity contribution < 1.29 is 76.3 Å². The van der Waals surface area contributed by atoms with Gasteiger partial charge in [-0.25, -0.2) is 38.4 Å². The Hall–Kier alpha value is -10.6. The van der Waals surface area contributed by atoms with Gasteiger partial charge in [0, 0.05) is 34.1 Å². The Bertz CT molecular complexity index is 3300. The van der Waals surface area contributed by atoms with Crippen molar-refractivity contribution in [2.75, 3.05) is 62.7 Å². The number of ether oxygens (including phenoxy) is 8. The quantitative estimate of drug-likeness (QED) is 0.0455. The molecular formula is C70H64N2O16. The van der Waals surface area contributed by atoms with Crippen LogP contribution in [0, 0.1) is 0 Å². The molecule has 0 saturated heterocycles. The van der Waals surface area contributed by atoms with Gasteiger partial charge >= 0.3 is 47.8 Å². The summed E-state index contributed by atoms with van der Waals surface area (Å²) in [5.41, 5.74) is 7.90. The molecule has 0 spiro atoms. The van der Waals surface area contributed by atoms with Gasteiger partial charge in [0.15, 0.2) is 0 Å². The number of fused-ring (bicyclic) bond motifs is 4. The zero-order valence-corrected chi connectivity index (χ0v) is 49.9. The molecule has 18 nitrogen and oxygen atoms in total. The summed E-state index contributed by atoms with van der Waals surface area (Å²) in [5.74, 6) is -5.06. The van der Waals surface area contributed by atoms with Gasteiger partial charge in [-0.05, 0) is 197 Å². The first-order valence-corrected chi connectivity index (χ1v) is 29.0. The molecular weight excluding hydrogens is 1120 g/mol. The van der Waals surface area contributed by atoms with Crippen molar-refractivity contribution >= 4 is 81.9 Å². The highest BCUT2D eigenvalue weighted by Crippen LogP contribution is 2.45. The Kier molecular flexibility index (Phi) is 19.4. The first-order valence-electron chi connectivity index (χ1n) is 29.0. The molecule has 0 radical (unpaired) electrons. The molecule has 0 bridgehead atoms. The van der Waals surface area contributed by atoms with Gasteiger partial charge < -0.3 is 47.7 Å². The maximum atomic E-state index is 13.5. The first kappa shape index (κ1) is 61.9. The van der Waals surface area contributed by atoms with Crippen LogP contribution in [-0.4, -0.2) is 101 Å². The summed E-state index contributed by atoms with van der Waals surface area (Å²) in [6.45, 7) is 14.2. The Balaban J connectivity index is 1.29. The van der Waals surface area contributed by atoms with Gasteiger partial charge in [-0.1, -0.05) is 48.5 Å². The van der Waals surface area contributed by atoms with Crippen LogP contribution in [0.3, 0.4) is 0 Å². The molecule has 1 aromatic carbocycles. The summed E-state index contributed by atoms with van der Waals surface area (Å²) in [7, 11) is 0. The van der Waals surface area contributed by atoms with Crippen molar-refractivity contribution in [1.29, 1.82) is 0 Å². The number of rotatable bonds is 22. The molecule has 18 heteroatoms. The molecule has 0 amide bonds. The maximum Gasteiger partial charge on any atom is 0.338 e. The molecule has 450 valence electrons. The lowest BCUT2D eigenvalue weighted by molar-refractivity contribution is 0.0511. The third-order valence-corrected chi connectivity index (χ3v) is 14.4. The lowest BCUT2D eigenvalue weighted by Crippen LogP contribution is -2.11. The van der Waals surface area contributed by atoms with Gasteiger partial charge in [-0.2, -0.15) is 0 Å². The van der Waals surface area contributed by atoms with Crippen LogP contribution in [0.25, 0.3) is 44.5 Å². The van der Waals surface area contributed by atoms with E-state index < -0.39 is 47.8 Å². The number of carbonyl (C=O) groups excluding carboxylic acids is 8. The third kappa shape index (κ3) is 12.4. The lowest BCUT2D eigenvalue weighted by atomic mass is 10.1. The van der Waals surface area contributed by atoms with Crippen LogP contribution < -0.4 is 9.80 Å². The Morgan fingerprint density at radius 2 is 0.330 bits per heavy atom. The van der Waals surface area contributed by atoms with Crippen LogP contribution in [0.2, 0.25) is 0 Å². The van der Waals surface area contributed by atoms with E-state index >= 15 is 0 Å². The van der Waals surface area contributed by atoms with Gasteiger partial charge in [0.2, 0.25) is 0 Å². The van der Waals surface area contributed by atoms with E-state index in [-0.39, 0.29) is 97.4 Å². The lowest BCUT2D eigenvalue weighted by Gasteiger charge is -2.27. The van der Waals surface area contributed by atoms with Crippen molar-refractivity contribution in [2.24, 2.45) is 0 Å². The van der Waals surface area contributed by atoms with E-state index in [1.165, 1.54) is 24.3 Å². The molecule has 0 heterocycles. The normalized spacial score (nSPS) is 11.0. The fourth-order valence-electron chi connectivity index (χ4n) is 10.6. The Morgan fingerprint density at radius 1 is 0.216 bits per heavy atom. The van der Waals surface area contributed by atoms with Gasteiger partial charge in [0.25, 0.3) is 0 Å². The van der Waals surface area contributed by atoms with Crippen LogP contribution in [-0.2, 0) is 37.9 Å². The van der Waals surface area contributed by atoms with Crippen LogP contribution in [0.4, 0.5) is 34.1 Å². The molecule has 9 rings (SSSR count). The smallest absolute Gasteiger partial charge is 0.338 e. The van der Waals surface area contributed by atoms with Crippen LogP contribution >= 0.6 is 0 Å². The zero-order chi connectivity index (χ0) is 62.8. The number of nitrogens with zero attached hydrogens (tertiary/aromatic N) is 2. The topological polar surface area (TPSA) is 217 Å². The zero-order valence-electron chi connectivity index (χ0n) is 49.9. The standard InChI is InChI=1S/C70H64N2O16/c1-9-81-63(73)55-37-56(64(74)82-10-2)48-30-22-43(21-29-47(48)55)71(44-23-31-49-50(32-24-44)58(66(76)84-12-4)38-57(49)65(75)83-11-3)41-17-19-42(20-18-41)72(45-25-33-51-52(34-26-45)60(68(78)86-14-6)39-59(51)67(77)85-13-5)46-27-35-53-54(36-28-46)62(70(80)88-16-8)40-61(53)69(79)87-15-7/h17-40H,9-16H2,1-8H3. The van der Waals surface area contributed by atoms with Crippen LogP contribution in [0.5, 0.6) is 0 Å². The van der Waals surface area contributed by atoms with E-state index in [0.29, 0.717) is 78.6 Å². The average Bonchev–Trinajstić information content (AvgIpc) is 1.86. The molecule has 0 fully saturated rings. The Morgan fingerprint density at radius 3 is 0.443 bits per heavy atom. The molecule has 88 heavy (non-hydrogen) atoms. The molecule has 0 N–H and O–H groups in total. The fourth-order valence-corrected chi connectivity index (χ4v) is 10.6. The van der Waals surface area contributed by atoms with E-state index in [0.717, 1.165) is 0 Å². The molecule has 0 unspecified atom stereocenters. The SMILES string of the molecule is CCOC(=O)c1cc(C(=O)OCC)c2ccc(N(c3ccc(N(c4ccc5c(C(=O)OCC)cc(C(=O)OCC)c-5cc4)c4ccc5c(C(=O)OCC)cc(C(=O)OCC)c-5cc4)cc3)c3ccc4c(C(=O)OCC)cc(C(=O)OCC)c-4cc3)ccc1-2. The maximum absolute atomic E-state index is 13.5. The van der Waals surface area contributed by atoms with Crippen molar-refractivity contribution in [3.8, 4) is 44.5 Å². The second-order valence-electron chi connectivity index (χ2n) is 19.5. The monoisotopic (exact) mass is 1190 g/mol. The summed E-state index contributed by atoms with van der Waals surface area (Å²) in [6.07, 6.45) is 0. The number of hydrogen-bond donors (Lipinski definition) is 0. The minimum atomic E-state index is -0.633. The van der Waals surface area contributed by atoms with E-state index in [4.69, 9.17) is 37.9 Å². The molecule has 8 aliphatic carbocycles. The first-order chi connectivity index (χ1) is 42.6. The van der Waals surface area contributed by atoms with E-state index in [9.17, 15) is 38.4 Å². The number of carbonyl (C=O) groups is 8. The predicted molar refractivity (Wildman–Crippen MR) is 330 cm³/mol. The van der Waals surface area contributed by atoms with E-state index in [1.807, 2.05) is 34.1 Å². The molecule has 0 aromatic heterocycles. The van der Waals surface area contributed by atoms with Crippen molar-refractivity contribution in [3.63, 3.8) is 0 Å². The number of benzene rings is 1. The molecule has 0 atom stereocenters. The number of esters is 8. The molecule has 0 aliphatic heterocycles. The van der Waals surface area contributed by atoms with Gasteiger partial charge in [0.05, 0.1) is 97.4 Å². The largest absolute Gasteiger partial charge is 0.462 e. The summed E-state index contributed by atoms with van der Waals surface area (Å²) in [4.78, 5) is 112. The molecule has 0 saturated carbocycles. The van der Waals surface area contributed by atoms with Crippen molar-refractivity contribution in [1.82, 2.24) is 0 Å². The minimum absolute atomic E-state index is 0.0875. The van der Waals surface area contributed by atoms with Crippen molar-refractivity contribution in [3.05, 3.63) is 190 Å². The molecule has 1 aromatic rings. The number of hydrogen-bond acceptors (Lipinski definition) is 18. The third-order valence-electron chi connectivity index (χ3n) is 14.4. The van der Waals surface area contributed by atoms with Gasteiger partial charge in [0.1, 0.15) is 0 Å². The minimum Gasteiger partial charge on any atom is -0.462 e. The van der Waals surface area contributed by atoms with Gasteiger partial charge in [-0.15, -0.1) is 0 Å².